The molecule has 0 fully saturated rings. The van der Waals surface area contributed by atoms with Crippen LogP contribution in [0.4, 0.5) is 0 Å². The van der Waals surface area contributed by atoms with Crippen LogP contribution in [0.15, 0.2) is 12.1 Å². The van der Waals surface area contributed by atoms with Crippen molar-refractivity contribution in [2.75, 3.05) is 28.4 Å². The number of thiazole rings is 1. The standard InChI is InChI=1S/C18H26N2O3S/c1-11(18-12(2)24-13(3)19-18)20(4)10-15-16(22-6)8-14(21-5)9-17(15)23-7/h8-9,11H,10H2,1-7H3/t11-/m0/s1. The molecule has 0 amide bonds. The molecular formula is C18H26N2O3S. The zero-order valence-electron chi connectivity index (χ0n) is 15.5. The van der Waals surface area contributed by atoms with Crippen molar-refractivity contribution in [2.45, 2.75) is 33.4 Å². The molecule has 132 valence electrons. The summed E-state index contributed by atoms with van der Waals surface area (Å²) in [6.07, 6.45) is 0. The Hall–Kier alpha value is -1.79. The van der Waals surface area contributed by atoms with Gasteiger partial charge in [-0.2, -0.15) is 0 Å². The average Bonchev–Trinajstić information content (AvgIpc) is 2.92. The van der Waals surface area contributed by atoms with Crippen molar-refractivity contribution in [2.24, 2.45) is 0 Å². The van der Waals surface area contributed by atoms with E-state index >= 15 is 0 Å². The van der Waals surface area contributed by atoms with E-state index in [0.29, 0.717) is 12.3 Å². The van der Waals surface area contributed by atoms with Gasteiger partial charge in [-0.1, -0.05) is 0 Å². The van der Waals surface area contributed by atoms with Crippen LogP contribution in [0.25, 0.3) is 0 Å². The van der Waals surface area contributed by atoms with Crippen molar-refractivity contribution in [1.82, 2.24) is 9.88 Å². The molecule has 0 aliphatic heterocycles. The second-order valence-corrected chi connectivity index (χ2v) is 7.18. The summed E-state index contributed by atoms with van der Waals surface area (Å²) in [6, 6.07) is 3.97. The van der Waals surface area contributed by atoms with Gasteiger partial charge in [0, 0.05) is 23.6 Å². The van der Waals surface area contributed by atoms with E-state index in [1.165, 1.54) is 4.88 Å². The van der Waals surface area contributed by atoms with Gasteiger partial charge in [0.2, 0.25) is 0 Å². The summed E-state index contributed by atoms with van der Waals surface area (Å²) in [7, 11) is 7.04. The summed E-state index contributed by atoms with van der Waals surface area (Å²) < 4.78 is 16.4. The Labute approximate surface area is 148 Å². The smallest absolute Gasteiger partial charge is 0.130 e. The number of aryl methyl sites for hydroxylation is 2. The molecule has 2 rings (SSSR count). The van der Waals surface area contributed by atoms with Gasteiger partial charge in [0.1, 0.15) is 17.2 Å². The summed E-state index contributed by atoms with van der Waals surface area (Å²) >= 11 is 1.74. The fraction of sp³-hybridized carbons (Fsp3) is 0.500. The first-order chi connectivity index (χ1) is 11.4. The van der Waals surface area contributed by atoms with Crippen LogP contribution in [-0.4, -0.2) is 38.3 Å². The molecule has 0 saturated carbocycles. The monoisotopic (exact) mass is 350 g/mol. The topological polar surface area (TPSA) is 43.8 Å². The molecule has 0 unspecified atom stereocenters. The van der Waals surface area contributed by atoms with Gasteiger partial charge in [-0.15, -0.1) is 11.3 Å². The van der Waals surface area contributed by atoms with Gasteiger partial charge in [-0.25, -0.2) is 4.98 Å². The molecule has 1 aromatic heterocycles. The number of aromatic nitrogens is 1. The number of benzene rings is 1. The number of nitrogens with zero attached hydrogens (tertiary/aromatic N) is 2. The van der Waals surface area contributed by atoms with Crippen LogP contribution in [0.5, 0.6) is 17.2 Å². The Morgan fingerprint density at radius 2 is 1.67 bits per heavy atom. The molecule has 0 radical (unpaired) electrons. The lowest BCUT2D eigenvalue weighted by Gasteiger charge is -2.26. The lowest BCUT2D eigenvalue weighted by atomic mass is 10.1. The summed E-state index contributed by atoms with van der Waals surface area (Å²) in [4.78, 5) is 8.19. The van der Waals surface area contributed by atoms with Crippen molar-refractivity contribution >= 4 is 11.3 Å². The normalized spacial score (nSPS) is 12.3. The molecule has 1 aromatic carbocycles. The zero-order chi connectivity index (χ0) is 17.9. The SMILES string of the molecule is COc1cc(OC)c(CN(C)[C@@H](C)c2nc(C)sc2C)c(OC)c1. The molecule has 0 spiro atoms. The molecule has 0 saturated heterocycles. The Morgan fingerprint density at radius 3 is 2.08 bits per heavy atom. The van der Waals surface area contributed by atoms with E-state index in [2.05, 4.69) is 30.8 Å². The summed E-state index contributed by atoms with van der Waals surface area (Å²) in [6.45, 7) is 7.03. The van der Waals surface area contributed by atoms with E-state index < -0.39 is 0 Å². The maximum atomic E-state index is 5.54. The Bertz CT molecular complexity index is 675. The summed E-state index contributed by atoms with van der Waals surface area (Å²) in [5, 5.41) is 1.10. The van der Waals surface area contributed by atoms with Crippen LogP contribution in [-0.2, 0) is 6.54 Å². The molecule has 6 heteroatoms. The second kappa shape index (κ2) is 7.85. The fourth-order valence-electron chi connectivity index (χ4n) is 2.76. The van der Waals surface area contributed by atoms with E-state index in [-0.39, 0.29) is 6.04 Å². The quantitative estimate of drug-likeness (QED) is 0.756. The van der Waals surface area contributed by atoms with Crippen molar-refractivity contribution in [3.63, 3.8) is 0 Å². The third-order valence-electron chi connectivity index (χ3n) is 4.22. The maximum absolute atomic E-state index is 5.54. The first-order valence-electron chi connectivity index (χ1n) is 7.84. The number of rotatable bonds is 7. The van der Waals surface area contributed by atoms with E-state index in [4.69, 9.17) is 14.2 Å². The lowest BCUT2D eigenvalue weighted by Crippen LogP contribution is -2.23. The number of ether oxygens (including phenoxy) is 3. The second-order valence-electron chi connectivity index (χ2n) is 5.78. The van der Waals surface area contributed by atoms with Gasteiger partial charge in [0.05, 0.1) is 43.6 Å². The van der Waals surface area contributed by atoms with Gasteiger partial charge in [-0.3, -0.25) is 4.90 Å². The zero-order valence-corrected chi connectivity index (χ0v) is 16.3. The van der Waals surface area contributed by atoms with Crippen molar-refractivity contribution in [3.05, 3.63) is 33.3 Å². The largest absolute Gasteiger partial charge is 0.496 e. The molecule has 24 heavy (non-hydrogen) atoms. The third-order valence-corrected chi connectivity index (χ3v) is 5.12. The van der Waals surface area contributed by atoms with Crippen molar-refractivity contribution in [1.29, 1.82) is 0 Å². The summed E-state index contributed by atoms with van der Waals surface area (Å²) in [5.74, 6) is 2.24. The first kappa shape index (κ1) is 18.5. The van der Waals surface area contributed by atoms with Gasteiger partial charge < -0.3 is 14.2 Å². The van der Waals surface area contributed by atoms with E-state index in [1.807, 2.05) is 19.1 Å². The first-order valence-corrected chi connectivity index (χ1v) is 8.65. The minimum absolute atomic E-state index is 0.200. The minimum Gasteiger partial charge on any atom is -0.496 e. The van der Waals surface area contributed by atoms with Crippen LogP contribution < -0.4 is 14.2 Å². The highest BCUT2D eigenvalue weighted by molar-refractivity contribution is 7.11. The highest BCUT2D eigenvalue weighted by Crippen LogP contribution is 2.36. The van der Waals surface area contributed by atoms with Gasteiger partial charge in [0.25, 0.3) is 0 Å². The molecule has 5 nitrogen and oxygen atoms in total. The van der Waals surface area contributed by atoms with Gasteiger partial charge >= 0.3 is 0 Å². The van der Waals surface area contributed by atoms with Crippen LogP contribution in [0.3, 0.4) is 0 Å². The fourth-order valence-corrected chi connectivity index (χ4v) is 3.67. The number of hydrogen-bond donors (Lipinski definition) is 0. The van der Waals surface area contributed by atoms with Crippen LogP contribution in [0, 0.1) is 13.8 Å². The average molecular weight is 350 g/mol. The van der Waals surface area contributed by atoms with Crippen LogP contribution in [0.2, 0.25) is 0 Å². The molecule has 0 aliphatic rings. The number of hydrogen-bond acceptors (Lipinski definition) is 6. The van der Waals surface area contributed by atoms with E-state index in [0.717, 1.165) is 27.8 Å². The van der Waals surface area contributed by atoms with Crippen LogP contribution >= 0.6 is 11.3 Å². The highest BCUT2D eigenvalue weighted by Gasteiger charge is 2.21. The molecular weight excluding hydrogens is 324 g/mol. The molecule has 0 aliphatic carbocycles. The Kier molecular flexibility index (Phi) is 6.07. The van der Waals surface area contributed by atoms with Gasteiger partial charge in [0.15, 0.2) is 0 Å². The van der Waals surface area contributed by atoms with Gasteiger partial charge in [-0.05, 0) is 27.8 Å². The van der Waals surface area contributed by atoms with Crippen molar-refractivity contribution in [3.8, 4) is 17.2 Å². The molecule has 0 N–H and O–H groups in total. The predicted octanol–water partition coefficient (Wildman–Crippen LogP) is 3.98. The molecule has 0 bridgehead atoms. The number of methoxy groups -OCH3 is 3. The molecule has 2 aromatic rings. The maximum Gasteiger partial charge on any atom is 0.130 e. The Morgan fingerprint density at radius 1 is 1.08 bits per heavy atom. The van der Waals surface area contributed by atoms with E-state index in [9.17, 15) is 0 Å². The third kappa shape index (κ3) is 3.82. The lowest BCUT2D eigenvalue weighted by molar-refractivity contribution is 0.240. The highest BCUT2D eigenvalue weighted by atomic mass is 32.1. The minimum atomic E-state index is 0.200. The molecule has 1 atom stereocenters. The molecule has 1 heterocycles. The summed E-state index contributed by atoms with van der Waals surface area (Å²) in [5.41, 5.74) is 2.13. The Balaban J connectivity index is 2.30. The van der Waals surface area contributed by atoms with Crippen molar-refractivity contribution < 1.29 is 14.2 Å². The predicted molar refractivity (Wildman–Crippen MR) is 97.6 cm³/mol. The van der Waals surface area contributed by atoms with Crippen LogP contribution in [0.1, 0.15) is 34.1 Å². The van der Waals surface area contributed by atoms with E-state index in [1.54, 1.807) is 32.7 Å².